The van der Waals surface area contributed by atoms with Crippen molar-refractivity contribution in [1.82, 2.24) is 9.88 Å². The third-order valence-electron chi connectivity index (χ3n) is 3.18. The molecule has 21 heavy (non-hydrogen) atoms. The molecule has 2 heterocycles. The summed E-state index contributed by atoms with van der Waals surface area (Å²) >= 11 is 1.32. The number of amides is 1. The number of rotatable bonds is 5. The summed E-state index contributed by atoms with van der Waals surface area (Å²) < 4.78 is 5.11. The molecule has 0 unspecified atom stereocenters. The van der Waals surface area contributed by atoms with Gasteiger partial charge in [0.1, 0.15) is 10.7 Å². The number of nitrogens with zero attached hydrogens (tertiary/aromatic N) is 2. The monoisotopic (exact) mass is 310 g/mol. The van der Waals surface area contributed by atoms with Crippen LogP contribution < -0.4 is 11.1 Å². The Balaban J connectivity index is 2.05. The number of methoxy groups -OCH3 is 1. The smallest absolute Gasteiger partial charge is 0.268 e. The van der Waals surface area contributed by atoms with Crippen molar-refractivity contribution >= 4 is 28.2 Å². The molecular weight excluding hydrogens is 288 g/mol. The predicted molar refractivity (Wildman–Crippen MR) is 85.8 cm³/mol. The van der Waals surface area contributed by atoms with Crippen molar-refractivity contribution in [1.29, 1.82) is 0 Å². The fourth-order valence-electron chi connectivity index (χ4n) is 2.15. The minimum absolute atomic E-state index is 0.0467. The quantitative estimate of drug-likeness (QED) is 0.813. The molecule has 0 saturated carbocycles. The molecule has 1 amide bonds. The number of aromatic nitrogens is 1. The largest absolute Gasteiger partial charge is 0.382 e. The van der Waals surface area contributed by atoms with E-state index in [-0.39, 0.29) is 11.9 Å². The van der Waals surface area contributed by atoms with Gasteiger partial charge in [-0.15, -0.1) is 0 Å². The number of hydrogen-bond acceptors (Lipinski definition) is 6. The summed E-state index contributed by atoms with van der Waals surface area (Å²) in [5, 5.41) is 3.87. The molecule has 7 heteroatoms. The topological polar surface area (TPSA) is 80.5 Å². The van der Waals surface area contributed by atoms with Crippen LogP contribution in [0.3, 0.4) is 0 Å². The highest BCUT2D eigenvalue weighted by Gasteiger charge is 2.23. The van der Waals surface area contributed by atoms with Gasteiger partial charge in [0.25, 0.3) is 5.91 Å². The minimum atomic E-state index is -0.0467. The van der Waals surface area contributed by atoms with Gasteiger partial charge in [-0.1, -0.05) is 17.4 Å². The van der Waals surface area contributed by atoms with E-state index in [0.29, 0.717) is 35.5 Å². The highest BCUT2D eigenvalue weighted by molar-refractivity contribution is 7.18. The molecular formula is C14H22N4O2S. The van der Waals surface area contributed by atoms with Crippen LogP contribution >= 0.6 is 11.3 Å². The van der Waals surface area contributed by atoms with E-state index >= 15 is 0 Å². The number of nitrogens with two attached hydrogens (primary N) is 1. The van der Waals surface area contributed by atoms with Gasteiger partial charge >= 0.3 is 0 Å². The molecule has 0 aliphatic carbocycles. The summed E-state index contributed by atoms with van der Waals surface area (Å²) in [5.41, 5.74) is 7.11. The van der Waals surface area contributed by atoms with Crippen molar-refractivity contribution in [2.45, 2.75) is 26.3 Å². The fraction of sp³-hybridized carbons (Fsp3) is 0.571. The number of anilines is 2. The SMILES string of the molecule is COCC1=CCN(C(=O)c2sc(NC(C)C)nc2N)CC1. The molecule has 0 aromatic carbocycles. The zero-order chi connectivity index (χ0) is 15.4. The van der Waals surface area contributed by atoms with Crippen molar-refractivity contribution < 1.29 is 9.53 Å². The van der Waals surface area contributed by atoms with Crippen LogP contribution in [0.4, 0.5) is 10.9 Å². The van der Waals surface area contributed by atoms with Crippen LogP contribution in [0.25, 0.3) is 0 Å². The first kappa shape index (κ1) is 15.8. The lowest BCUT2D eigenvalue weighted by molar-refractivity contribution is 0.0770. The molecule has 0 bridgehead atoms. The summed E-state index contributed by atoms with van der Waals surface area (Å²) in [6, 6.07) is 0.257. The molecule has 1 aliphatic heterocycles. The van der Waals surface area contributed by atoms with Crippen molar-refractivity contribution in [3.05, 3.63) is 16.5 Å². The van der Waals surface area contributed by atoms with E-state index in [9.17, 15) is 4.79 Å². The average molecular weight is 310 g/mol. The lowest BCUT2D eigenvalue weighted by Gasteiger charge is -2.25. The second-order valence-electron chi connectivity index (χ2n) is 5.33. The zero-order valence-electron chi connectivity index (χ0n) is 12.7. The predicted octanol–water partition coefficient (Wildman–Crippen LogP) is 1.96. The Hall–Kier alpha value is -1.60. The number of carbonyl (C=O) groups excluding carboxylic acids is 1. The van der Waals surface area contributed by atoms with Gasteiger partial charge < -0.3 is 20.7 Å². The first-order valence-electron chi connectivity index (χ1n) is 7.00. The summed E-state index contributed by atoms with van der Waals surface area (Å²) in [4.78, 5) is 19.0. The van der Waals surface area contributed by atoms with Gasteiger partial charge in [0.15, 0.2) is 5.13 Å². The van der Waals surface area contributed by atoms with Gasteiger partial charge in [-0.05, 0) is 25.8 Å². The van der Waals surface area contributed by atoms with Gasteiger partial charge in [-0.2, -0.15) is 0 Å². The third-order valence-corrected chi connectivity index (χ3v) is 4.17. The normalized spacial score (nSPS) is 15.2. The highest BCUT2D eigenvalue weighted by Crippen LogP contribution is 2.27. The van der Waals surface area contributed by atoms with Crippen LogP contribution in [-0.4, -0.2) is 48.6 Å². The average Bonchev–Trinajstić information content (AvgIpc) is 2.79. The molecule has 1 aromatic heterocycles. The summed E-state index contributed by atoms with van der Waals surface area (Å²) in [7, 11) is 1.68. The number of ether oxygens (including phenoxy) is 1. The number of thiazole rings is 1. The number of hydrogen-bond donors (Lipinski definition) is 2. The molecule has 0 radical (unpaired) electrons. The van der Waals surface area contributed by atoms with E-state index in [1.54, 1.807) is 12.0 Å². The van der Waals surface area contributed by atoms with Crippen molar-refractivity contribution in [3.8, 4) is 0 Å². The summed E-state index contributed by atoms with van der Waals surface area (Å²) in [5.74, 6) is 0.259. The Morgan fingerprint density at radius 1 is 1.62 bits per heavy atom. The van der Waals surface area contributed by atoms with Gasteiger partial charge in [0.2, 0.25) is 0 Å². The van der Waals surface area contributed by atoms with E-state index in [1.807, 2.05) is 13.8 Å². The van der Waals surface area contributed by atoms with E-state index in [1.165, 1.54) is 16.9 Å². The number of nitrogen functional groups attached to an aromatic ring is 1. The maximum absolute atomic E-state index is 12.5. The summed E-state index contributed by atoms with van der Waals surface area (Å²) in [6.07, 6.45) is 2.89. The lowest BCUT2D eigenvalue weighted by atomic mass is 10.1. The Labute approximate surface area is 129 Å². The maximum Gasteiger partial charge on any atom is 0.268 e. The second kappa shape index (κ2) is 6.91. The highest BCUT2D eigenvalue weighted by atomic mass is 32.1. The maximum atomic E-state index is 12.5. The molecule has 1 aliphatic rings. The molecule has 0 atom stereocenters. The van der Waals surface area contributed by atoms with Gasteiger partial charge in [-0.3, -0.25) is 4.79 Å². The number of carbonyl (C=O) groups is 1. The van der Waals surface area contributed by atoms with Crippen molar-refractivity contribution in [3.63, 3.8) is 0 Å². The standard InChI is InChI=1S/C14H22N4O2S/c1-9(2)16-14-17-12(15)11(21-14)13(19)18-6-4-10(5-7-18)8-20-3/h4,9H,5-8,15H2,1-3H3,(H,16,17). The van der Waals surface area contributed by atoms with Gasteiger partial charge in [0.05, 0.1) is 6.61 Å². The molecule has 3 N–H and O–H groups in total. The minimum Gasteiger partial charge on any atom is -0.382 e. The third kappa shape index (κ3) is 3.95. The molecule has 1 aromatic rings. The first-order valence-corrected chi connectivity index (χ1v) is 7.82. The van der Waals surface area contributed by atoms with E-state index in [0.717, 1.165) is 6.42 Å². The van der Waals surface area contributed by atoms with Crippen molar-refractivity contribution in [2.75, 3.05) is 37.9 Å². The van der Waals surface area contributed by atoms with E-state index in [4.69, 9.17) is 10.5 Å². The van der Waals surface area contributed by atoms with Gasteiger partial charge in [0, 0.05) is 26.2 Å². The Morgan fingerprint density at radius 3 is 2.95 bits per heavy atom. The van der Waals surface area contributed by atoms with Crippen molar-refractivity contribution in [2.24, 2.45) is 0 Å². The summed E-state index contributed by atoms with van der Waals surface area (Å²) in [6.45, 7) is 5.96. The Bertz CT molecular complexity index is 539. The molecule has 0 spiro atoms. The van der Waals surface area contributed by atoms with Crippen LogP contribution in [-0.2, 0) is 4.74 Å². The van der Waals surface area contributed by atoms with Crippen LogP contribution in [0.5, 0.6) is 0 Å². The molecule has 0 fully saturated rings. The molecule has 0 saturated heterocycles. The lowest BCUT2D eigenvalue weighted by Crippen LogP contribution is -2.35. The van der Waals surface area contributed by atoms with E-state index in [2.05, 4.69) is 16.4 Å². The van der Waals surface area contributed by atoms with Crippen LogP contribution in [0.15, 0.2) is 11.6 Å². The zero-order valence-corrected chi connectivity index (χ0v) is 13.5. The molecule has 2 rings (SSSR count). The molecule has 6 nitrogen and oxygen atoms in total. The number of nitrogens with one attached hydrogen (secondary N) is 1. The second-order valence-corrected chi connectivity index (χ2v) is 6.33. The molecule has 116 valence electrons. The van der Waals surface area contributed by atoms with Crippen LogP contribution in [0.2, 0.25) is 0 Å². The first-order chi connectivity index (χ1) is 10.0. The van der Waals surface area contributed by atoms with E-state index < -0.39 is 0 Å². The van der Waals surface area contributed by atoms with Crippen LogP contribution in [0.1, 0.15) is 29.9 Å². The Kier molecular flexibility index (Phi) is 5.19. The Morgan fingerprint density at radius 2 is 2.38 bits per heavy atom. The fourth-order valence-corrected chi connectivity index (χ4v) is 3.15. The van der Waals surface area contributed by atoms with Crippen LogP contribution in [0, 0.1) is 0 Å². The van der Waals surface area contributed by atoms with Gasteiger partial charge in [-0.25, -0.2) is 4.98 Å².